The van der Waals surface area contributed by atoms with Crippen molar-refractivity contribution in [3.63, 3.8) is 0 Å². The quantitative estimate of drug-likeness (QED) is 0.628. The lowest BCUT2D eigenvalue weighted by atomic mass is 9.89. The van der Waals surface area contributed by atoms with Crippen LogP contribution in [-0.2, 0) is 0 Å². The number of aliphatic hydroxyl groups is 1. The van der Waals surface area contributed by atoms with Gasteiger partial charge in [-0.3, -0.25) is 0 Å². The Hall–Kier alpha value is -0.480. The van der Waals surface area contributed by atoms with Crippen LogP contribution >= 0.6 is 0 Å². The maximum Gasteiger partial charge on any atom is 0.128 e. The van der Waals surface area contributed by atoms with Crippen molar-refractivity contribution in [1.29, 1.82) is 0 Å². The van der Waals surface area contributed by atoms with Crippen LogP contribution in [0.15, 0.2) is 0 Å². The van der Waals surface area contributed by atoms with Gasteiger partial charge in [0.1, 0.15) is 5.60 Å². The molecule has 2 saturated carbocycles. The van der Waals surface area contributed by atoms with E-state index in [1.165, 1.54) is 70.6 Å². The second kappa shape index (κ2) is 7.34. The Morgan fingerprint density at radius 3 is 1.95 bits per heavy atom. The normalized spacial score (nSPS) is 38.3. The number of fused-ring (bicyclic) bond motifs is 1. The Bertz CT molecular complexity index is 303. The van der Waals surface area contributed by atoms with Crippen molar-refractivity contribution in [3.05, 3.63) is 0 Å². The van der Waals surface area contributed by atoms with Crippen LogP contribution in [-0.4, -0.2) is 10.7 Å². The van der Waals surface area contributed by atoms with Gasteiger partial charge in [-0.05, 0) is 25.2 Å². The number of hydrogen-bond donors (Lipinski definition) is 1. The minimum Gasteiger partial charge on any atom is -0.377 e. The lowest BCUT2D eigenvalue weighted by molar-refractivity contribution is 0.0594. The first-order valence-corrected chi connectivity index (χ1v) is 8.46. The van der Waals surface area contributed by atoms with Crippen molar-refractivity contribution in [3.8, 4) is 12.3 Å². The minimum absolute atomic E-state index is 0.405. The van der Waals surface area contributed by atoms with Gasteiger partial charge in [0.15, 0.2) is 0 Å². The summed E-state index contributed by atoms with van der Waals surface area (Å²) in [6.07, 6.45) is 22.2. The molecule has 0 aromatic rings. The fourth-order valence-corrected chi connectivity index (χ4v) is 3.73. The summed E-state index contributed by atoms with van der Waals surface area (Å²) in [5, 5.41) is 10.6. The van der Waals surface area contributed by atoms with E-state index >= 15 is 0 Å². The van der Waals surface area contributed by atoms with Crippen LogP contribution < -0.4 is 0 Å². The molecule has 0 saturated heterocycles. The zero-order valence-electron chi connectivity index (χ0n) is 12.4. The Balaban J connectivity index is 1.82. The second-order valence-corrected chi connectivity index (χ2v) is 6.75. The molecule has 19 heavy (non-hydrogen) atoms. The summed E-state index contributed by atoms with van der Waals surface area (Å²) in [5.41, 5.74) is -0.787. The zero-order chi connectivity index (χ0) is 13.6. The van der Waals surface area contributed by atoms with Crippen LogP contribution in [0.3, 0.4) is 0 Å². The van der Waals surface area contributed by atoms with E-state index in [0.29, 0.717) is 11.8 Å². The molecule has 1 nitrogen and oxygen atoms in total. The van der Waals surface area contributed by atoms with Crippen molar-refractivity contribution in [2.45, 2.75) is 89.1 Å². The highest BCUT2D eigenvalue weighted by Crippen LogP contribution is 2.50. The van der Waals surface area contributed by atoms with E-state index in [1.54, 1.807) is 0 Å². The van der Waals surface area contributed by atoms with E-state index in [4.69, 9.17) is 6.42 Å². The second-order valence-electron chi connectivity index (χ2n) is 6.75. The molecular formula is C18H30O. The molecule has 2 aliphatic rings. The fourth-order valence-electron chi connectivity index (χ4n) is 3.73. The Labute approximate surface area is 119 Å². The predicted molar refractivity (Wildman–Crippen MR) is 80.8 cm³/mol. The molecule has 0 spiro atoms. The Morgan fingerprint density at radius 1 is 0.842 bits per heavy atom. The molecule has 0 aliphatic heterocycles. The first-order valence-electron chi connectivity index (χ1n) is 8.46. The molecule has 2 aliphatic carbocycles. The van der Waals surface area contributed by atoms with Gasteiger partial charge in [-0.2, -0.15) is 0 Å². The van der Waals surface area contributed by atoms with Crippen molar-refractivity contribution < 1.29 is 5.11 Å². The van der Waals surface area contributed by atoms with Gasteiger partial charge < -0.3 is 5.11 Å². The molecule has 0 aromatic carbocycles. The van der Waals surface area contributed by atoms with Gasteiger partial charge in [0.25, 0.3) is 0 Å². The summed E-state index contributed by atoms with van der Waals surface area (Å²) in [5.74, 6) is 3.84. The van der Waals surface area contributed by atoms with E-state index in [-0.39, 0.29) is 0 Å². The molecule has 0 aromatic heterocycles. The highest BCUT2D eigenvalue weighted by molar-refractivity contribution is 5.16. The standard InChI is InChI=1S/C18H30O/c1-2-18(19)14-12-10-8-6-4-3-5-7-9-11-13-16-15-17(16)18/h1,16-17,19H,3-15H2/t16-,17+,18-/m1/s1. The molecule has 0 unspecified atom stereocenters. The van der Waals surface area contributed by atoms with Crippen molar-refractivity contribution in [2.75, 3.05) is 0 Å². The smallest absolute Gasteiger partial charge is 0.128 e. The lowest BCUT2D eigenvalue weighted by Gasteiger charge is -2.22. The molecule has 1 N–H and O–H groups in total. The fraction of sp³-hybridized carbons (Fsp3) is 0.889. The monoisotopic (exact) mass is 262 g/mol. The van der Waals surface area contributed by atoms with E-state index < -0.39 is 5.60 Å². The molecule has 108 valence electrons. The zero-order valence-corrected chi connectivity index (χ0v) is 12.4. The number of terminal acetylenes is 1. The van der Waals surface area contributed by atoms with Gasteiger partial charge >= 0.3 is 0 Å². The lowest BCUT2D eigenvalue weighted by Crippen LogP contribution is -2.30. The Kier molecular flexibility index (Phi) is 5.76. The van der Waals surface area contributed by atoms with E-state index in [9.17, 15) is 5.11 Å². The highest BCUT2D eigenvalue weighted by atomic mass is 16.3. The van der Waals surface area contributed by atoms with Gasteiger partial charge in [0.2, 0.25) is 0 Å². The third kappa shape index (κ3) is 4.53. The van der Waals surface area contributed by atoms with Crippen LogP contribution in [0.4, 0.5) is 0 Å². The molecule has 0 amide bonds. The average Bonchev–Trinajstić information content (AvgIpc) is 3.19. The van der Waals surface area contributed by atoms with Crippen LogP contribution in [0.2, 0.25) is 0 Å². The molecule has 3 atom stereocenters. The van der Waals surface area contributed by atoms with E-state index in [1.807, 2.05) is 0 Å². The van der Waals surface area contributed by atoms with Gasteiger partial charge in [0.05, 0.1) is 0 Å². The molecule has 2 fully saturated rings. The van der Waals surface area contributed by atoms with E-state index in [0.717, 1.165) is 12.8 Å². The van der Waals surface area contributed by atoms with Crippen LogP contribution in [0.25, 0.3) is 0 Å². The van der Waals surface area contributed by atoms with Crippen molar-refractivity contribution in [2.24, 2.45) is 11.8 Å². The van der Waals surface area contributed by atoms with Crippen molar-refractivity contribution >= 4 is 0 Å². The third-order valence-electron chi connectivity index (χ3n) is 5.17. The molecule has 1 heteroatoms. The van der Waals surface area contributed by atoms with Gasteiger partial charge in [-0.1, -0.05) is 70.1 Å². The predicted octanol–water partition coefficient (Wildman–Crippen LogP) is 4.68. The maximum absolute atomic E-state index is 10.6. The average molecular weight is 262 g/mol. The van der Waals surface area contributed by atoms with Gasteiger partial charge in [-0.25, -0.2) is 0 Å². The maximum atomic E-state index is 10.6. The molecule has 2 rings (SSSR count). The number of rotatable bonds is 0. The molecule has 0 radical (unpaired) electrons. The van der Waals surface area contributed by atoms with Gasteiger partial charge in [-0.15, -0.1) is 6.42 Å². The summed E-state index contributed by atoms with van der Waals surface area (Å²) < 4.78 is 0. The summed E-state index contributed by atoms with van der Waals surface area (Å²) in [7, 11) is 0. The summed E-state index contributed by atoms with van der Waals surface area (Å²) in [4.78, 5) is 0. The Morgan fingerprint density at radius 2 is 1.37 bits per heavy atom. The molecule has 0 bridgehead atoms. The minimum atomic E-state index is -0.787. The van der Waals surface area contributed by atoms with Crippen LogP contribution in [0.1, 0.15) is 83.5 Å². The summed E-state index contributed by atoms with van der Waals surface area (Å²) in [6, 6.07) is 0. The topological polar surface area (TPSA) is 20.2 Å². The summed E-state index contributed by atoms with van der Waals surface area (Å²) in [6.45, 7) is 0. The van der Waals surface area contributed by atoms with Crippen LogP contribution in [0.5, 0.6) is 0 Å². The number of hydrogen-bond acceptors (Lipinski definition) is 1. The SMILES string of the molecule is C#C[C@@]1(O)CCCCCCCCCCCC[C@@H]2C[C@@H]21. The van der Waals surface area contributed by atoms with E-state index in [2.05, 4.69) is 5.92 Å². The highest BCUT2D eigenvalue weighted by Gasteiger charge is 2.49. The first-order chi connectivity index (χ1) is 9.26. The summed E-state index contributed by atoms with van der Waals surface area (Å²) >= 11 is 0. The third-order valence-corrected chi connectivity index (χ3v) is 5.17. The first kappa shape index (κ1) is 14.9. The van der Waals surface area contributed by atoms with Crippen molar-refractivity contribution in [1.82, 2.24) is 0 Å². The van der Waals surface area contributed by atoms with Crippen LogP contribution in [0, 0.1) is 24.2 Å². The largest absolute Gasteiger partial charge is 0.377 e. The molecular weight excluding hydrogens is 232 g/mol. The molecule has 0 heterocycles. The van der Waals surface area contributed by atoms with Gasteiger partial charge in [0, 0.05) is 5.92 Å².